The van der Waals surface area contributed by atoms with E-state index in [1.54, 1.807) is 52.2 Å². The van der Waals surface area contributed by atoms with Gasteiger partial charge in [0.2, 0.25) is 5.91 Å². The monoisotopic (exact) mass is 515 g/mol. The van der Waals surface area contributed by atoms with Crippen molar-refractivity contribution in [2.45, 2.75) is 43.7 Å². The molecule has 0 aliphatic carbocycles. The summed E-state index contributed by atoms with van der Waals surface area (Å²) >= 11 is 5.99. The van der Waals surface area contributed by atoms with Gasteiger partial charge in [0.1, 0.15) is 5.82 Å². The van der Waals surface area contributed by atoms with Gasteiger partial charge in [0, 0.05) is 30.6 Å². The zero-order valence-corrected chi connectivity index (χ0v) is 20.8. The Kier molecular flexibility index (Phi) is 6.29. The van der Waals surface area contributed by atoms with Gasteiger partial charge in [0.15, 0.2) is 9.84 Å². The highest BCUT2D eigenvalue weighted by molar-refractivity contribution is 7.91. The maximum absolute atomic E-state index is 12.8. The number of amides is 2. The summed E-state index contributed by atoms with van der Waals surface area (Å²) in [6.45, 7) is 3.57. The highest BCUT2D eigenvalue weighted by Crippen LogP contribution is 2.25. The number of imidazole rings is 1. The van der Waals surface area contributed by atoms with E-state index in [0.29, 0.717) is 43.3 Å². The van der Waals surface area contributed by atoms with Crippen molar-refractivity contribution >= 4 is 44.1 Å². The molecule has 0 spiro atoms. The molecule has 0 saturated carbocycles. The Morgan fingerprint density at radius 2 is 1.86 bits per heavy atom. The van der Waals surface area contributed by atoms with Crippen LogP contribution >= 0.6 is 11.6 Å². The van der Waals surface area contributed by atoms with Crippen LogP contribution in [0.3, 0.4) is 0 Å². The third-order valence-electron chi connectivity index (χ3n) is 6.64. The summed E-state index contributed by atoms with van der Waals surface area (Å²) in [7, 11) is -3.60. The second-order valence-electron chi connectivity index (χ2n) is 8.99. The van der Waals surface area contributed by atoms with Crippen molar-refractivity contribution in [1.29, 1.82) is 0 Å². The van der Waals surface area contributed by atoms with E-state index in [1.807, 2.05) is 11.9 Å². The highest BCUT2D eigenvalue weighted by Gasteiger charge is 2.35. The number of aryl methyl sites for hydroxylation is 1. The molecule has 1 saturated heterocycles. The number of benzene rings is 2. The Morgan fingerprint density at radius 3 is 2.60 bits per heavy atom. The number of rotatable bonds is 6. The lowest BCUT2D eigenvalue weighted by Crippen LogP contribution is -2.51. The van der Waals surface area contributed by atoms with Crippen molar-refractivity contribution in [2.75, 3.05) is 18.8 Å². The van der Waals surface area contributed by atoms with Crippen LogP contribution < -0.4 is 5.32 Å². The van der Waals surface area contributed by atoms with Crippen LogP contribution in [0.2, 0.25) is 5.02 Å². The van der Waals surface area contributed by atoms with E-state index >= 15 is 0 Å². The normalized spacial score (nSPS) is 17.2. The van der Waals surface area contributed by atoms with E-state index in [9.17, 15) is 18.0 Å². The van der Waals surface area contributed by atoms with Gasteiger partial charge in [-0.15, -0.1) is 0 Å². The minimum atomic E-state index is -3.60. The Hall–Kier alpha value is -2.95. The third-order valence-corrected chi connectivity index (χ3v) is 8.59. The number of carbonyl (C=O) groups is 2. The number of fused-ring (bicyclic) bond motifs is 2. The van der Waals surface area contributed by atoms with Gasteiger partial charge in [-0.2, -0.15) is 0 Å². The predicted molar refractivity (Wildman–Crippen MR) is 132 cm³/mol. The molecule has 3 aromatic rings. The summed E-state index contributed by atoms with van der Waals surface area (Å²) in [6, 6.07) is 10.0. The molecular formula is C24H26ClN5O4S. The second kappa shape index (κ2) is 9.25. The van der Waals surface area contributed by atoms with Gasteiger partial charge in [0.25, 0.3) is 0 Å². The lowest BCUT2D eigenvalue weighted by atomic mass is 10.1. The summed E-state index contributed by atoms with van der Waals surface area (Å²) in [5, 5.41) is 8.92. The number of halogens is 1. The predicted octanol–water partition coefficient (Wildman–Crippen LogP) is 3.14. The van der Waals surface area contributed by atoms with Crippen LogP contribution in [0, 0.1) is 6.92 Å². The average Bonchev–Trinajstić information content (AvgIpc) is 3.37. The van der Waals surface area contributed by atoms with E-state index in [1.165, 1.54) is 0 Å². The zero-order valence-electron chi connectivity index (χ0n) is 19.3. The van der Waals surface area contributed by atoms with Gasteiger partial charge in [-0.1, -0.05) is 23.7 Å². The Balaban J connectivity index is 1.12. The molecule has 2 amide bonds. The average molecular weight is 516 g/mol. The van der Waals surface area contributed by atoms with Gasteiger partial charge >= 0.3 is 6.03 Å². The van der Waals surface area contributed by atoms with Gasteiger partial charge in [-0.3, -0.25) is 9.80 Å². The summed E-state index contributed by atoms with van der Waals surface area (Å²) in [6.07, 6.45) is 2.98. The van der Waals surface area contributed by atoms with Crippen molar-refractivity contribution in [3.63, 3.8) is 0 Å². The lowest BCUT2D eigenvalue weighted by molar-refractivity contribution is -0.122. The molecule has 2 aliphatic heterocycles. The molecular weight excluding hydrogens is 490 g/mol. The number of hydrogen-bond donors (Lipinski definition) is 1. The molecule has 35 heavy (non-hydrogen) atoms. The molecule has 3 heterocycles. The molecule has 1 aromatic heterocycles. The molecule has 0 unspecified atom stereocenters. The summed E-state index contributed by atoms with van der Waals surface area (Å²) in [5.41, 5.74) is 0.874. The Morgan fingerprint density at radius 1 is 1.14 bits per heavy atom. The smallest absolute Gasteiger partial charge is 0.344 e. The van der Waals surface area contributed by atoms with Gasteiger partial charge in [-0.05, 0) is 54.8 Å². The minimum absolute atomic E-state index is 0.0492. The topological polar surface area (TPSA) is 105 Å². The molecule has 9 nitrogen and oxygen atoms in total. The second-order valence-corrected chi connectivity index (χ2v) is 11.5. The highest BCUT2D eigenvalue weighted by atomic mass is 35.5. The van der Waals surface area contributed by atoms with Crippen molar-refractivity contribution in [3.05, 3.63) is 59.1 Å². The molecule has 1 fully saturated rings. The van der Waals surface area contributed by atoms with Gasteiger partial charge in [0.05, 0.1) is 29.1 Å². The summed E-state index contributed by atoms with van der Waals surface area (Å²) in [4.78, 5) is 29.6. The number of nitrogens with zero attached hydrogens (tertiary/aromatic N) is 4. The Bertz CT molecular complexity index is 1410. The molecule has 1 N–H and O–H groups in total. The van der Waals surface area contributed by atoms with E-state index < -0.39 is 9.84 Å². The number of aromatic nitrogens is 2. The first-order valence-corrected chi connectivity index (χ1v) is 13.6. The van der Waals surface area contributed by atoms with Crippen LogP contribution in [0.25, 0.3) is 10.8 Å². The fraction of sp³-hybridized carbons (Fsp3) is 0.375. The first-order chi connectivity index (χ1) is 16.7. The molecule has 0 atom stereocenters. The van der Waals surface area contributed by atoms with Crippen LogP contribution in [0.1, 0.15) is 30.8 Å². The van der Waals surface area contributed by atoms with E-state index in [-0.39, 0.29) is 35.0 Å². The van der Waals surface area contributed by atoms with E-state index in [2.05, 4.69) is 10.3 Å². The zero-order chi connectivity index (χ0) is 24.7. The number of hydrazine groups is 1. The fourth-order valence-electron chi connectivity index (χ4n) is 4.71. The first-order valence-electron chi connectivity index (χ1n) is 11.5. The maximum atomic E-state index is 12.8. The largest absolute Gasteiger partial charge is 0.353 e. The van der Waals surface area contributed by atoms with E-state index in [4.69, 9.17) is 11.6 Å². The minimum Gasteiger partial charge on any atom is -0.353 e. The summed E-state index contributed by atoms with van der Waals surface area (Å²) < 4.78 is 27.2. The standard InChI is InChI=1S/C24H26ClN5O4S/c1-16-26-14-21-15-29(24(32)30(16)21)28-9-6-20(7-10-28)27-23(31)8-11-35(33,34)22-5-3-17-12-19(25)4-2-18(17)13-22/h2-5,12-14,20H,6-11,15H2,1H3,(H,27,31). The van der Waals surface area contributed by atoms with Crippen molar-refractivity contribution in [3.8, 4) is 0 Å². The van der Waals surface area contributed by atoms with E-state index in [0.717, 1.165) is 16.5 Å². The number of carbonyl (C=O) groups excluding carboxylic acids is 2. The Labute approximate surface area is 208 Å². The fourth-order valence-corrected chi connectivity index (χ4v) is 6.16. The van der Waals surface area contributed by atoms with Crippen LogP contribution in [0.5, 0.6) is 0 Å². The van der Waals surface area contributed by atoms with Crippen LogP contribution in [0.15, 0.2) is 47.5 Å². The molecule has 2 aromatic carbocycles. The maximum Gasteiger partial charge on any atom is 0.344 e. The van der Waals surface area contributed by atoms with Gasteiger partial charge in [-0.25, -0.2) is 27.8 Å². The first kappa shape index (κ1) is 23.8. The SMILES string of the molecule is Cc1ncc2n1C(=O)N(N1CCC(NC(=O)CCS(=O)(=O)c3ccc4cc(Cl)ccc4c3)CC1)C2. The summed E-state index contributed by atoms with van der Waals surface area (Å²) in [5.74, 6) is 0.137. The number of hydrogen-bond acceptors (Lipinski definition) is 6. The molecule has 5 rings (SSSR count). The van der Waals surface area contributed by atoms with Gasteiger partial charge < -0.3 is 5.32 Å². The van der Waals surface area contributed by atoms with Crippen LogP contribution in [-0.4, -0.2) is 64.8 Å². The van der Waals surface area contributed by atoms with Crippen molar-refractivity contribution in [2.24, 2.45) is 0 Å². The molecule has 0 bridgehead atoms. The molecule has 2 aliphatic rings. The third kappa shape index (κ3) is 4.78. The lowest BCUT2D eigenvalue weighted by Gasteiger charge is -2.37. The number of piperidine rings is 1. The van der Waals surface area contributed by atoms with Crippen LogP contribution in [0.4, 0.5) is 4.79 Å². The quantitative estimate of drug-likeness (QED) is 0.541. The van der Waals surface area contributed by atoms with Crippen molar-refractivity contribution < 1.29 is 18.0 Å². The van der Waals surface area contributed by atoms with Crippen molar-refractivity contribution in [1.82, 2.24) is 24.9 Å². The molecule has 184 valence electrons. The number of sulfone groups is 1. The molecule has 0 radical (unpaired) electrons. The molecule has 11 heteroatoms. The van der Waals surface area contributed by atoms with Crippen LogP contribution in [-0.2, 0) is 21.2 Å². The number of nitrogens with one attached hydrogen (secondary N) is 1.